The number of nitrogens with zero attached hydrogens (tertiary/aromatic N) is 1. The van der Waals surface area contributed by atoms with Crippen molar-refractivity contribution >= 4 is 17.4 Å². The Morgan fingerprint density at radius 1 is 1.43 bits per heavy atom. The minimum Gasteiger partial charge on any atom is -0.409 e. The summed E-state index contributed by atoms with van der Waals surface area (Å²) in [5.41, 5.74) is 4.48. The van der Waals surface area contributed by atoms with Crippen LogP contribution in [0.15, 0.2) is 29.4 Å². The molecule has 6 nitrogen and oxygen atoms in total. The van der Waals surface area contributed by atoms with Gasteiger partial charge in [0.05, 0.1) is 0 Å². The molecule has 1 saturated carbocycles. The van der Waals surface area contributed by atoms with Crippen molar-refractivity contribution in [1.82, 2.24) is 0 Å². The maximum absolute atomic E-state index is 12.1. The van der Waals surface area contributed by atoms with Crippen LogP contribution in [0.4, 0.5) is 18.9 Å². The van der Waals surface area contributed by atoms with E-state index in [-0.39, 0.29) is 11.5 Å². The van der Waals surface area contributed by atoms with Gasteiger partial charge in [0.15, 0.2) is 5.84 Å². The van der Waals surface area contributed by atoms with Crippen LogP contribution in [0.25, 0.3) is 0 Å². The quantitative estimate of drug-likeness (QED) is 0.343. The molecule has 1 aliphatic rings. The predicted octanol–water partition coefficient (Wildman–Crippen LogP) is 2.05. The van der Waals surface area contributed by atoms with E-state index in [2.05, 4.69) is 15.2 Å². The lowest BCUT2D eigenvalue weighted by Crippen LogP contribution is -2.36. The maximum Gasteiger partial charge on any atom is 0.573 e. The molecule has 1 aromatic rings. The summed E-state index contributed by atoms with van der Waals surface area (Å²) in [6.07, 6.45) is -3.99. The molecular weight excluding hydrogens is 291 g/mol. The molecule has 0 aromatic heterocycles. The molecule has 2 rings (SSSR count). The number of nitrogens with one attached hydrogen (secondary N) is 1. The van der Waals surface area contributed by atoms with Crippen LogP contribution in [0.1, 0.15) is 12.8 Å². The molecule has 0 heterocycles. The lowest BCUT2D eigenvalue weighted by Gasteiger charge is -2.14. The summed E-state index contributed by atoms with van der Waals surface area (Å²) < 4.78 is 40.1. The van der Waals surface area contributed by atoms with E-state index in [0.717, 1.165) is 12.1 Å². The number of rotatable bonds is 4. The van der Waals surface area contributed by atoms with Crippen molar-refractivity contribution in [2.45, 2.75) is 19.2 Å². The Kier molecular flexibility index (Phi) is 3.67. The van der Waals surface area contributed by atoms with Crippen molar-refractivity contribution in [2.24, 2.45) is 16.3 Å². The van der Waals surface area contributed by atoms with Gasteiger partial charge >= 0.3 is 6.36 Å². The first kappa shape index (κ1) is 14.9. The van der Waals surface area contributed by atoms with Gasteiger partial charge in [-0.05, 0) is 25.0 Å². The molecule has 0 aliphatic heterocycles. The molecular formula is C12H12F3N3O3. The highest BCUT2D eigenvalue weighted by Gasteiger charge is 2.54. The van der Waals surface area contributed by atoms with Crippen LogP contribution >= 0.6 is 0 Å². The lowest BCUT2D eigenvalue weighted by atomic mass is 10.1. The topological polar surface area (TPSA) is 96.9 Å². The number of halogens is 3. The number of ether oxygens (including phenoxy) is 1. The molecule has 21 heavy (non-hydrogen) atoms. The van der Waals surface area contributed by atoms with E-state index in [1.165, 1.54) is 12.1 Å². The number of anilines is 1. The normalized spacial score (nSPS) is 17.2. The molecule has 0 unspecified atom stereocenters. The fourth-order valence-corrected chi connectivity index (χ4v) is 1.84. The monoisotopic (exact) mass is 303 g/mol. The summed E-state index contributed by atoms with van der Waals surface area (Å²) >= 11 is 0. The summed E-state index contributed by atoms with van der Waals surface area (Å²) in [5, 5.41) is 13.9. The first-order chi connectivity index (χ1) is 9.77. The van der Waals surface area contributed by atoms with Crippen molar-refractivity contribution in [1.29, 1.82) is 0 Å². The number of amides is 1. The van der Waals surface area contributed by atoms with Gasteiger partial charge in [-0.15, -0.1) is 13.2 Å². The van der Waals surface area contributed by atoms with Crippen LogP contribution in [0.3, 0.4) is 0 Å². The zero-order valence-corrected chi connectivity index (χ0v) is 10.6. The predicted molar refractivity (Wildman–Crippen MR) is 66.8 cm³/mol. The van der Waals surface area contributed by atoms with Crippen molar-refractivity contribution < 1.29 is 27.9 Å². The zero-order valence-electron chi connectivity index (χ0n) is 10.6. The largest absolute Gasteiger partial charge is 0.573 e. The number of nitrogens with two attached hydrogens (primary N) is 1. The molecule has 1 fully saturated rings. The van der Waals surface area contributed by atoms with Crippen molar-refractivity contribution in [3.63, 3.8) is 0 Å². The molecule has 0 atom stereocenters. The second-order valence-electron chi connectivity index (χ2n) is 4.60. The number of hydrogen-bond donors (Lipinski definition) is 3. The minimum absolute atomic E-state index is 0.124. The zero-order chi connectivity index (χ0) is 15.7. The first-order valence-electron chi connectivity index (χ1n) is 5.92. The number of amidine groups is 1. The van der Waals surface area contributed by atoms with E-state index in [0.29, 0.717) is 12.8 Å². The van der Waals surface area contributed by atoms with Gasteiger partial charge in [-0.2, -0.15) is 0 Å². The average Bonchev–Trinajstić information content (AvgIpc) is 3.17. The van der Waals surface area contributed by atoms with E-state index >= 15 is 0 Å². The van der Waals surface area contributed by atoms with E-state index < -0.39 is 23.4 Å². The Bertz CT molecular complexity index is 583. The fraction of sp³-hybridized carbons (Fsp3) is 0.333. The van der Waals surface area contributed by atoms with Crippen LogP contribution in [0, 0.1) is 5.41 Å². The molecule has 114 valence electrons. The number of benzene rings is 1. The van der Waals surface area contributed by atoms with Crippen LogP contribution in [-0.2, 0) is 4.79 Å². The van der Waals surface area contributed by atoms with E-state index in [9.17, 15) is 18.0 Å². The third-order valence-electron chi connectivity index (χ3n) is 3.11. The third-order valence-corrected chi connectivity index (χ3v) is 3.11. The highest BCUT2D eigenvalue weighted by atomic mass is 19.4. The van der Waals surface area contributed by atoms with Gasteiger partial charge in [0.1, 0.15) is 11.2 Å². The Hall–Kier alpha value is -2.45. The highest BCUT2D eigenvalue weighted by molar-refractivity contribution is 6.14. The summed E-state index contributed by atoms with van der Waals surface area (Å²) in [6.45, 7) is 0. The molecule has 0 bridgehead atoms. The van der Waals surface area contributed by atoms with E-state index in [4.69, 9.17) is 10.9 Å². The van der Waals surface area contributed by atoms with Crippen LogP contribution in [0.2, 0.25) is 0 Å². The van der Waals surface area contributed by atoms with Gasteiger partial charge in [-0.25, -0.2) is 0 Å². The van der Waals surface area contributed by atoms with Crippen LogP contribution in [-0.4, -0.2) is 23.3 Å². The Morgan fingerprint density at radius 3 is 2.62 bits per heavy atom. The third kappa shape index (κ3) is 3.36. The molecule has 1 amide bonds. The smallest absolute Gasteiger partial charge is 0.409 e. The summed E-state index contributed by atoms with van der Waals surface area (Å²) in [4.78, 5) is 12.0. The van der Waals surface area contributed by atoms with E-state index in [1.807, 2.05) is 0 Å². The number of hydrogen-bond acceptors (Lipinski definition) is 4. The Labute approximate surface area is 117 Å². The SMILES string of the molecule is N/C(=N/O)C1(C(=O)Nc2cccc(OC(F)(F)F)c2)CC1. The first-order valence-corrected chi connectivity index (χ1v) is 5.92. The van der Waals surface area contributed by atoms with Gasteiger partial charge in [0, 0.05) is 11.8 Å². The van der Waals surface area contributed by atoms with Gasteiger partial charge in [-0.3, -0.25) is 4.79 Å². The minimum atomic E-state index is -4.81. The second-order valence-corrected chi connectivity index (χ2v) is 4.60. The summed E-state index contributed by atoms with van der Waals surface area (Å²) in [5.74, 6) is -1.21. The fourth-order valence-electron chi connectivity index (χ4n) is 1.84. The molecule has 0 spiro atoms. The van der Waals surface area contributed by atoms with Crippen LogP contribution < -0.4 is 15.8 Å². The molecule has 9 heteroatoms. The average molecular weight is 303 g/mol. The molecule has 0 radical (unpaired) electrons. The highest BCUT2D eigenvalue weighted by Crippen LogP contribution is 2.46. The molecule has 1 aliphatic carbocycles. The molecule has 0 saturated heterocycles. The van der Waals surface area contributed by atoms with Crippen molar-refractivity contribution in [3.05, 3.63) is 24.3 Å². The van der Waals surface area contributed by atoms with Gasteiger partial charge < -0.3 is 21.0 Å². The molecule has 4 N–H and O–H groups in total. The Balaban J connectivity index is 2.10. The van der Waals surface area contributed by atoms with Gasteiger partial charge in [-0.1, -0.05) is 11.2 Å². The second kappa shape index (κ2) is 5.15. The van der Waals surface area contributed by atoms with Gasteiger partial charge in [0.2, 0.25) is 5.91 Å². The maximum atomic E-state index is 12.1. The summed E-state index contributed by atoms with van der Waals surface area (Å²) in [7, 11) is 0. The number of oxime groups is 1. The summed E-state index contributed by atoms with van der Waals surface area (Å²) in [6, 6.07) is 4.86. The van der Waals surface area contributed by atoms with E-state index in [1.54, 1.807) is 0 Å². The number of carbonyl (C=O) groups is 1. The van der Waals surface area contributed by atoms with Crippen molar-refractivity contribution in [2.75, 3.05) is 5.32 Å². The number of carbonyl (C=O) groups excluding carboxylic acids is 1. The number of alkyl halides is 3. The van der Waals surface area contributed by atoms with Gasteiger partial charge in [0.25, 0.3) is 0 Å². The molecule has 1 aromatic carbocycles. The Morgan fingerprint density at radius 2 is 2.10 bits per heavy atom. The van der Waals surface area contributed by atoms with Crippen molar-refractivity contribution in [3.8, 4) is 5.75 Å². The lowest BCUT2D eigenvalue weighted by molar-refractivity contribution is -0.274. The standard InChI is InChI=1S/C12H12F3N3O3/c13-12(14,15)21-8-3-1-2-7(6-8)17-10(19)11(4-5-11)9(16)18-20/h1-3,6,20H,4-5H2,(H2,16,18)(H,17,19). The van der Waals surface area contributed by atoms with Crippen LogP contribution in [0.5, 0.6) is 5.75 Å².